The summed E-state index contributed by atoms with van der Waals surface area (Å²) in [6.45, 7) is 17.0. The predicted octanol–water partition coefficient (Wildman–Crippen LogP) is 2.29. The molecule has 0 bridgehead atoms. The van der Waals surface area contributed by atoms with E-state index in [4.69, 9.17) is 33.2 Å². The van der Waals surface area contributed by atoms with E-state index in [1.54, 1.807) is 69.5 Å². The van der Waals surface area contributed by atoms with Gasteiger partial charge in [-0.15, -0.1) is 0 Å². The molecule has 0 spiro atoms. The van der Waals surface area contributed by atoms with Crippen molar-refractivity contribution in [2.75, 3.05) is 47.9 Å². The highest BCUT2D eigenvalue weighted by Gasteiger charge is 2.60. The minimum absolute atomic E-state index is 0.0163. The molecule has 4 heterocycles. The molecule has 0 aromatic heterocycles. The number of nitrogens with one attached hydrogen (secondary N) is 2. The van der Waals surface area contributed by atoms with Crippen LogP contribution in [0.2, 0.25) is 0 Å². The summed E-state index contributed by atoms with van der Waals surface area (Å²) in [6.07, 6.45) is -16.8. The maximum atomic E-state index is 14.4. The van der Waals surface area contributed by atoms with Crippen molar-refractivity contribution in [1.82, 2.24) is 20.4 Å². The van der Waals surface area contributed by atoms with Crippen molar-refractivity contribution in [1.29, 1.82) is 0 Å². The number of rotatable bonds is 11. The second kappa shape index (κ2) is 21.2. The highest BCUT2D eigenvalue weighted by Crippen LogP contribution is 2.45. The first-order valence-electron chi connectivity index (χ1n) is 22.8. The minimum atomic E-state index is -4.72. The molecule has 0 saturated carbocycles. The highest BCUT2D eigenvalue weighted by molar-refractivity contribution is 5.75. The number of aliphatic hydroxyl groups is 4. The van der Waals surface area contributed by atoms with Gasteiger partial charge in [-0.05, 0) is 87.2 Å². The number of cyclic esters (lactones) is 1. The number of likely N-dealkylation sites (N-methyl/N-ethyl adjacent to an activating group) is 1. The molecule has 1 amide bonds. The average Bonchev–Trinajstić information content (AvgIpc) is 3.55. The van der Waals surface area contributed by atoms with Crippen LogP contribution in [-0.4, -0.2) is 192 Å². The Labute approximate surface area is 377 Å². The van der Waals surface area contributed by atoms with Gasteiger partial charge in [0.15, 0.2) is 12.6 Å². The van der Waals surface area contributed by atoms with Crippen LogP contribution in [-0.2, 0) is 42.7 Å². The van der Waals surface area contributed by atoms with Gasteiger partial charge in [-0.3, -0.25) is 14.5 Å². The molecular weight excluding hydrogens is 849 g/mol. The third-order valence-electron chi connectivity index (χ3n) is 14.4. The molecular formula is C44H79F3N4O13. The maximum Gasteiger partial charge on any atom is 0.428 e. The third kappa shape index (κ3) is 11.9. The molecule has 4 fully saturated rings. The van der Waals surface area contributed by atoms with Gasteiger partial charge in [-0.25, -0.2) is 0 Å². The van der Waals surface area contributed by atoms with E-state index in [2.05, 4.69) is 10.6 Å². The van der Waals surface area contributed by atoms with E-state index in [1.807, 2.05) is 6.92 Å². The van der Waals surface area contributed by atoms with Gasteiger partial charge in [0.25, 0.3) is 0 Å². The Bertz CT molecular complexity index is 1550. The lowest BCUT2D eigenvalue weighted by molar-refractivity contribution is -0.336. The van der Waals surface area contributed by atoms with Crippen molar-refractivity contribution >= 4 is 11.9 Å². The van der Waals surface area contributed by atoms with Gasteiger partial charge >= 0.3 is 12.1 Å². The molecule has 0 aromatic carbocycles. The molecule has 17 nitrogen and oxygen atoms in total. The summed E-state index contributed by atoms with van der Waals surface area (Å²) in [7, 11) is 6.09. The van der Waals surface area contributed by atoms with E-state index in [0.717, 1.165) is 4.90 Å². The van der Waals surface area contributed by atoms with Crippen LogP contribution < -0.4 is 10.6 Å². The number of fused-ring (bicyclic) bond motifs is 1. The van der Waals surface area contributed by atoms with Crippen molar-refractivity contribution in [2.24, 2.45) is 17.8 Å². The summed E-state index contributed by atoms with van der Waals surface area (Å²) in [5.41, 5.74) is -6.66. The molecule has 0 aliphatic carbocycles. The van der Waals surface area contributed by atoms with E-state index in [0.29, 0.717) is 0 Å². The average molecular weight is 929 g/mol. The summed E-state index contributed by atoms with van der Waals surface area (Å²) >= 11 is 0. The standard InChI is InChI=1S/C44H79F3N4O13/c1-15-30-42(10,56)35(53)27(6)49-21-23(2)19-40(8,55)36(64-38-34-29(18-24(3)59-38)51(13)39(63-34)44(45,46)47)25(4)33(26(5)37(54)61-30)62-32-20-41(9,58-14)43(57,28(7)60-32)22-48-17-16-31(52)50(11)12/h23-30,32-36,38-39,48-49,53,55-57H,15-22H2,1-14H3/t23-,24-,25+,26-,27-,28+,29+,30-,32+,33+,34-,35-,36-,38+,39?,40-,41-,42-,43+/m1/s1. The summed E-state index contributed by atoms with van der Waals surface area (Å²) in [4.78, 5) is 29.3. The zero-order valence-corrected chi connectivity index (χ0v) is 40.3. The Balaban J connectivity index is 1.78. The molecule has 1 unspecified atom stereocenters. The van der Waals surface area contributed by atoms with E-state index in [-0.39, 0.29) is 63.6 Å². The zero-order chi connectivity index (χ0) is 48.5. The second-order valence-corrected chi connectivity index (χ2v) is 19.9. The number of halogens is 3. The molecule has 374 valence electrons. The van der Waals surface area contributed by atoms with E-state index >= 15 is 0 Å². The summed E-state index contributed by atoms with van der Waals surface area (Å²) in [6, 6.07) is -1.44. The number of amides is 1. The van der Waals surface area contributed by atoms with Gasteiger partial charge in [-0.1, -0.05) is 20.8 Å². The van der Waals surface area contributed by atoms with Crippen LogP contribution in [0.4, 0.5) is 13.2 Å². The SMILES string of the molecule is CC[C@H]1OC(=O)[C@H](C)[C@@H](O[C@H]2C[C@@](C)(OC)[C@](O)(CNCCC(=O)N(C)C)[C@H](C)O2)[C@H](C)[C@@H](O[C@@H]2O[C@H](C)C[C@H]3[C@H]2OC(C(F)(F)F)N3C)[C@](C)(O)C[C@@H](C)CN[C@H](C)[C@@H](O)[C@]1(C)O. The van der Waals surface area contributed by atoms with Crippen LogP contribution in [0, 0.1) is 17.8 Å². The van der Waals surface area contributed by atoms with Crippen LogP contribution >= 0.6 is 0 Å². The van der Waals surface area contributed by atoms with Crippen molar-refractivity contribution in [3.63, 3.8) is 0 Å². The Kier molecular flexibility index (Phi) is 18.2. The van der Waals surface area contributed by atoms with Crippen LogP contribution in [0.1, 0.15) is 101 Å². The number of aliphatic hydroxyl groups excluding tert-OH is 1. The number of hydrogen-bond acceptors (Lipinski definition) is 16. The number of methoxy groups -OCH3 is 1. The minimum Gasteiger partial charge on any atom is -0.459 e. The summed E-state index contributed by atoms with van der Waals surface area (Å²) < 4.78 is 86.6. The normalized spacial score (nSPS) is 45.8. The monoisotopic (exact) mass is 929 g/mol. The van der Waals surface area contributed by atoms with Crippen molar-refractivity contribution in [2.45, 2.75) is 204 Å². The fraction of sp³-hybridized carbons (Fsp3) is 0.955. The molecule has 4 aliphatic rings. The van der Waals surface area contributed by atoms with Gasteiger partial charge in [0.2, 0.25) is 12.1 Å². The van der Waals surface area contributed by atoms with Gasteiger partial charge in [-0.2, -0.15) is 13.2 Å². The van der Waals surface area contributed by atoms with Crippen molar-refractivity contribution in [3.8, 4) is 0 Å². The highest BCUT2D eigenvalue weighted by atomic mass is 19.4. The maximum absolute atomic E-state index is 14.4. The smallest absolute Gasteiger partial charge is 0.428 e. The number of carbonyl (C=O) groups is 2. The van der Waals surface area contributed by atoms with Gasteiger partial charge in [0.05, 0.1) is 35.9 Å². The largest absolute Gasteiger partial charge is 0.459 e. The van der Waals surface area contributed by atoms with Crippen LogP contribution in [0.15, 0.2) is 0 Å². The topological polar surface area (TPSA) is 210 Å². The molecule has 64 heavy (non-hydrogen) atoms. The molecule has 19 atom stereocenters. The number of carbonyl (C=O) groups excluding carboxylic acids is 2. The number of esters is 1. The molecule has 0 aromatic rings. The molecule has 4 saturated heterocycles. The molecule has 20 heteroatoms. The van der Waals surface area contributed by atoms with Gasteiger partial charge in [0, 0.05) is 65.1 Å². The fourth-order valence-electron chi connectivity index (χ4n) is 10.2. The van der Waals surface area contributed by atoms with Gasteiger partial charge in [0.1, 0.15) is 35.1 Å². The Morgan fingerprint density at radius 2 is 1.66 bits per heavy atom. The fourth-order valence-corrected chi connectivity index (χ4v) is 10.2. The van der Waals surface area contributed by atoms with Crippen LogP contribution in [0.3, 0.4) is 0 Å². The number of nitrogens with zero attached hydrogens (tertiary/aromatic N) is 2. The number of ether oxygens (including phenoxy) is 7. The Morgan fingerprint density at radius 3 is 2.23 bits per heavy atom. The number of alkyl halides is 3. The van der Waals surface area contributed by atoms with Gasteiger partial charge < -0.3 is 69.1 Å². The van der Waals surface area contributed by atoms with E-state index in [1.165, 1.54) is 26.0 Å². The molecule has 4 rings (SSSR count). The first kappa shape index (κ1) is 54.8. The zero-order valence-electron chi connectivity index (χ0n) is 40.3. The van der Waals surface area contributed by atoms with Crippen molar-refractivity contribution < 1.29 is 76.3 Å². The summed E-state index contributed by atoms with van der Waals surface area (Å²) in [5.74, 6) is -3.39. The first-order chi connectivity index (χ1) is 29.4. The van der Waals surface area contributed by atoms with Crippen LogP contribution in [0.25, 0.3) is 0 Å². The van der Waals surface area contributed by atoms with Crippen molar-refractivity contribution in [3.05, 3.63) is 0 Å². The molecule has 0 radical (unpaired) electrons. The molecule has 4 aliphatic heterocycles. The third-order valence-corrected chi connectivity index (χ3v) is 14.4. The quantitative estimate of drug-likeness (QED) is 0.130. The number of hydrogen-bond donors (Lipinski definition) is 6. The predicted molar refractivity (Wildman–Crippen MR) is 227 cm³/mol. The van der Waals surface area contributed by atoms with E-state index < -0.39 is 120 Å². The lowest BCUT2D eigenvalue weighted by Crippen LogP contribution is -2.70. The van der Waals surface area contributed by atoms with Crippen LogP contribution in [0.5, 0.6) is 0 Å². The lowest BCUT2D eigenvalue weighted by Gasteiger charge is -2.53. The van der Waals surface area contributed by atoms with E-state index in [9.17, 15) is 43.2 Å². The Morgan fingerprint density at radius 1 is 1.02 bits per heavy atom. The summed E-state index contributed by atoms with van der Waals surface area (Å²) in [5, 5.41) is 54.4. The second-order valence-electron chi connectivity index (χ2n) is 19.9. The lowest BCUT2D eigenvalue weighted by atomic mass is 9.75. The first-order valence-corrected chi connectivity index (χ1v) is 22.8. The molecule has 6 N–H and O–H groups in total. The Hall–Kier alpha value is -1.79.